The number of hydrogen-bond donors (Lipinski definition) is 1. The minimum atomic E-state index is 0.0585. The highest BCUT2D eigenvalue weighted by Gasteiger charge is 2.39. The van der Waals surface area contributed by atoms with E-state index in [1.807, 2.05) is 0 Å². The molecule has 2 fully saturated rings. The predicted molar refractivity (Wildman–Crippen MR) is 89.6 cm³/mol. The Morgan fingerprint density at radius 2 is 1.73 bits per heavy atom. The number of hydrogen-bond acceptors (Lipinski definition) is 2. The van der Waals surface area contributed by atoms with E-state index in [4.69, 9.17) is 5.73 Å². The molecule has 0 bridgehead atoms. The molecule has 2 N–H and O–H groups in total. The molecule has 1 saturated heterocycles. The highest BCUT2D eigenvalue weighted by atomic mass is 16.2. The molecule has 1 aliphatic carbocycles. The van der Waals surface area contributed by atoms with Crippen molar-refractivity contribution in [2.45, 2.75) is 76.4 Å². The fourth-order valence-electron chi connectivity index (χ4n) is 4.04. The van der Waals surface area contributed by atoms with Gasteiger partial charge in [-0.05, 0) is 36.3 Å². The Bertz CT molecular complexity index is 517. The number of carbonyl (C=O) groups excluding carboxylic acids is 1. The first-order valence-corrected chi connectivity index (χ1v) is 8.74. The number of carbonyl (C=O) groups is 1. The SMILES string of the molecule is CC(C)c1ccc(C2C(N)CCC(=O)N2C2CCCC2)cc1. The smallest absolute Gasteiger partial charge is 0.223 e. The van der Waals surface area contributed by atoms with Crippen LogP contribution in [0.1, 0.15) is 75.5 Å². The molecule has 1 aliphatic heterocycles. The quantitative estimate of drug-likeness (QED) is 0.924. The average Bonchev–Trinajstić information content (AvgIpc) is 3.03. The summed E-state index contributed by atoms with van der Waals surface area (Å²) in [6.45, 7) is 4.41. The highest BCUT2D eigenvalue weighted by molar-refractivity contribution is 5.78. The van der Waals surface area contributed by atoms with Crippen LogP contribution in [0.3, 0.4) is 0 Å². The van der Waals surface area contributed by atoms with Crippen molar-refractivity contribution in [1.82, 2.24) is 4.90 Å². The maximum absolute atomic E-state index is 12.6. The van der Waals surface area contributed by atoms with Crippen molar-refractivity contribution < 1.29 is 4.79 Å². The van der Waals surface area contributed by atoms with Crippen molar-refractivity contribution in [3.63, 3.8) is 0 Å². The third-order valence-corrected chi connectivity index (χ3v) is 5.35. The molecule has 2 unspecified atom stereocenters. The van der Waals surface area contributed by atoms with Crippen molar-refractivity contribution >= 4 is 5.91 Å². The van der Waals surface area contributed by atoms with Crippen molar-refractivity contribution in [3.8, 4) is 0 Å². The summed E-state index contributed by atoms with van der Waals surface area (Å²) in [4.78, 5) is 14.7. The van der Waals surface area contributed by atoms with Crippen LogP contribution >= 0.6 is 0 Å². The maximum Gasteiger partial charge on any atom is 0.223 e. The fraction of sp³-hybridized carbons (Fsp3) is 0.632. The van der Waals surface area contributed by atoms with E-state index in [0.717, 1.165) is 19.3 Å². The van der Waals surface area contributed by atoms with Gasteiger partial charge in [0.1, 0.15) is 0 Å². The summed E-state index contributed by atoms with van der Waals surface area (Å²) in [5.41, 5.74) is 8.98. The molecule has 22 heavy (non-hydrogen) atoms. The topological polar surface area (TPSA) is 46.3 Å². The van der Waals surface area contributed by atoms with Crippen LogP contribution in [0.4, 0.5) is 0 Å². The van der Waals surface area contributed by atoms with Crippen LogP contribution in [0.15, 0.2) is 24.3 Å². The normalized spacial score (nSPS) is 26.9. The van der Waals surface area contributed by atoms with Gasteiger partial charge in [0.05, 0.1) is 6.04 Å². The summed E-state index contributed by atoms with van der Waals surface area (Å²) in [7, 11) is 0. The summed E-state index contributed by atoms with van der Waals surface area (Å²) in [6.07, 6.45) is 6.17. The molecule has 0 aromatic heterocycles. The fourth-order valence-corrected chi connectivity index (χ4v) is 4.04. The number of piperidine rings is 1. The number of amides is 1. The standard InChI is InChI=1S/C19H28N2O/c1-13(2)14-7-9-15(10-8-14)19-17(20)11-12-18(22)21(19)16-5-3-4-6-16/h7-10,13,16-17,19H,3-6,11-12,20H2,1-2H3. The van der Waals surface area contributed by atoms with E-state index < -0.39 is 0 Å². The Morgan fingerprint density at radius 3 is 2.32 bits per heavy atom. The lowest BCUT2D eigenvalue weighted by Gasteiger charge is -2.43. The predicted octanol–water partition coefficient (Wildman–Crippen LogP) is 3.74. The summed E-state index contributed by atoms with van der Waals surface area (Å²) in [5.74, 6) is 0.827. The van der Waals surface area contributed by atoms with E-state index in [1.165, 1.54) is 24.0 Å². The van der Waals surface area contributed by atoms with Crippen molar-refractivity contribution in [3.05, 3.63) is 35.4 Å². The summed E-state index contributed by atoms with van der Waals surface area (Å²) in [6, 6.07) is 9.26. The Kier molecular flexibility index (Phi) is 4.53. The molecule has 1 saturated carbocycles. The van der Waals surface area contributed by atoms with Crippen LogP contribution in [-0.4, -0.2) is 22.9 Å². The van der Waals surface area contributed by atoms with Crippen LogP contribution in [0.5, 0.6) is 0 Å². The van der Waals surface area contributed by atoms with Gasteiger partial charge in [-0.1, -0.05) is 51.0 Å². The molecule has 3 heteroatoms. The van der Waals surface area contributed by atoms with Gasteiger partial charge >= 0.3 is 0 Å². The molecular formula is C19H28N2O. The van der Waals surface area contributed by atoms with Gasteiger partial charge in [-0.2, -0.15) is 0 Å². The minimum Gasteiger partial charge on any atom is -0.331 e. The lowest BCUT2D eigenvalue weighted by atomic mass is 9.88. The Morgan fingerprint density at radius 1 is 1.09 bits per heavy atom. The van der Waals surface area contributed by atoms with Gasteiger partial charge < -0.3 is 10.6 Å². The highest BCUT2D eigenvalue weighted by Crippen LogP contribution is 2.37. The van der Waals surface area contributed by atoms with E-state index in [0.29, 0.717) is 24.3 Å². The molecular weight excluding hydrogens is 272 g/mol. The monoisotopic (exact) mass is 300 g/mol. The summed E-state index contributed by atoms with van der Waals surface area (Å²) < 4.78 is 0. The molecule has 3 rings (SSSR count). The van der Waals surface area contributed by atoms with Crippen molar-refractivity contribution in [2.24, 2.45) is 5.73 Å². The van der Waals surface area contributed by atoms with Gasteiger partial charge in [0.15, 0.2) is 0 Å². The number of likely N-dealkylation sites (tertiary alicyclic amines) is 1. The summed E-state index contributed by atoms with van der Waals surface area (Å²) in [5, 5.41) is 0. The minimum absolute atomic E-state index is 0.0585. The van der Waals surface area contributed by atoms with Gasteiger partial charge in [-0.15, -0.1) is 0 Å². The van der Waals surface area contributed by atoms with E-state index in [-0.39, 0.29) is 12.1 Å². The first-order chi connectivity index (χ1) is 10.6. The number of nitrogens with zero attached hydrogens (tertiary/aromatic N) is 1. The van der Waals surface area contributed by atoms with Gasteiger partial charge in [-0.25, -0.2) is 0 Å². The zero-order valence-electron chi connectivity index (χ0n) is 13.8. The molecule has 1 amide bonds. The number of nitrogens with two attached hydrogens (primary N) is 1. The molecule has 120 valence electrons. The van der Waals surface area contributed by atoms with E-state index >= 15 is 0 Å². The molecule has 3 nitrogen and oxygen atoms in total. The molecule has 2 atom stereocenters. The second kappa shape index (κ2) is 6.41. The average molecular weight is 300 g/mol. The zero-order chi connectivity index (χ0) is 15.7. The van der Waals surface area contributed by atoms with E-state index in [9.17, 15) is 4.79 Å². The Labute approximate surface area is 133 Å². The molecule has 0 spiro atoms. The lowest BCUT2D eigenvalue weighted by molar-refractivity contribution is -0.140. The van der Waals surface area contributed by atoms with Crippen molar-refractivity contribution in [1.29, 1.82) is 0 Å². The lowest BCUT2D eigenvalue weighted by Crippen LogP contribution is -2.52. The first-order valence-electron chi connectivity index (χ1n) is 8.74. The molecule has 1 aromatic carbocycles. The second-order valence-electron chi connectivity index (χ2n) is 7.21. The molecule has 1 heterocycles. The van der Waals surface area contributed by atoms with Crippen LogP contribution in [0.2, 0.25) is 0 Å². The Balaban J connectivity index is 1.90. The Hall–Kier alpha value is -1.35. The van der Waals surface area contributed by atoms with Crippen LogP contribution in [-0.2, 0) is 4.79 Å². The molecule has 2 aliphatic rings. The largest absolute Gasteiger partial charge is 0.331 e. The molecule has 1 aromatic rings. The second-order valence-corrected chi connectivity index (χ2v) is 7.21. The zero-order valence-corrected chi connectivity index (χ0v) is 13.8. The third kappa shape index (κ3) is 2.91. The summed E-state index contributed by atoms with van der Waals surface area (Å²) >= 11 is 0. The van der Waals surface area contributed by atoms with Gasteiger partial charge in [0, 0.05) is 18.5 Å². The van der Waals surface area contributed by atoms with Crippen LogP contribution < -0.4 is 5.73 Å². The van der Waals surface area contributed by atoms with Gasteiger partial charge in [-0.3, -0.25) is 4.79 Å². The number of rotatable bonds is 3. The van der Waals surface area contributed by atoms with E-state index in [1.54, 1.807) is 0 Å². The van der Waals surface area contributed by atoms with Gasteiger partial charge in [0.2, 0.25) is 5.91 Å². The van der Waals surface area contributed by atoms with Crippen LogP contribution in [0.25, 0.3) is 0 Å². The first kappa shape index (κ1) is 15.5. The molecule has 0 radical (unpaired) electrons. The van der Waals surface area contributed by atoms with Gasteiger partial charge in [0.25, 0.3) is 0 Å². The maximum atomic E-state index is 12.6. The van der Waals surface area contributed by atoms with E-state index in [2.05, 4.69) is 43.0 Å². The van der Waals surface area contributed by atoms with Crippen molar-refractivity contribution in [2.75, 3.05) is 0 Å². The number of benzene rings is 1. The van der Waals surface area contributed by atoms with Crippen LogP contribution in [0, 0.1) is 0 Å². The third-order valence-electron chi connectivity index (χ3n) is 5.35.